The Bertz CT molecular complexity index is 607. The Hall–Kier alpha value is -1.51. The van der Waals surface area contributed by atoms with Gasteiger partial charge in [-0.25, -0.2) is 13.8 Å². The number of anilines is 1. The normalized spacial score (nSPS) is 12.3. The lowest BCUT2D eigenvalue weighted by Gasteiger charge is -2.08. The van der Waals surface area contributed by atoms with Gasteiger partial charge < -0.3 is 10.3 Å². The summed E-state index contributed by atoms with van der Waals surface area (Å²) >= 11 is -0.234. The van der Waals surface area contributed by atoms with Crippen LogP contribution in [0.3, 0.4) is 0 Å². The second kappa shape index (κ2) is 4.87. The molecule has 1 aromatic carbocycles. The van der Waals surface area contributed by atoms with Gasteiger partial charge >= 0.3 is 5.51 Å². The monoisotopic (exact) mass is 297 g/mol. The van der Waals surface area contributed by atoms with Crippen LogP contribution in [-0.4, -0.2) is 20.8 Å². The molecule has 0 saturated carbocycles. The average molecular weight is 297 g/mol. The molecule has 0 aliphatic rings. The Morgan fingerprint density at radius 2 is 1.95 bits per heavy atom. The zero-order chi connectivity index (χ0) is 14.2. The van der Waals surface area contributed by atoms with E-state index in [0.29, 0.717) is 6.07 Å². The van der Waals surface area contributed by atoms with E-state index < -0.39 is 17.1 Å². The maximum atomic E-state index is 13.4. The average Bonchev–Trinajstić information content (AvgIpc) is 2.55. The number of alkyl halides is 3. The van der Waals surface area contributed by atoms with Crippen molar-refractivity contribution in [2.75, 3.05) is 11.5 Å². The number of nitrogens with two attached hydrogens (primary N) is 1. The number of fused-ring (bicyclic) bond motifs is 1. The Labute approximate surface area is 108 Å². The molecule has 0 aliphatic carbocycles. The van der Waals surface area contributed by atoms with E-state index in [1.807, 2.05) is 0 Å². The second-order valence-corrected chi connectivity index (χ2v) is 4.83. The van der Waals surface area contributed by atoms with E-state index in [2.05, 4.69) is 4.98 Å². The van der Waals surface area contributed by atoms with Gasteiger partial charge in [0.15, 0.2) is 5.82 Å². The summed E-state index contributed by atoms with van der Waals surface area (Å²) < 4.78 is 63.7. The van der Waals surface area contributed by atoms with Crippen LogP contribution in [0.1, 0.15) is 0 Å². The van der Waals surface area contributed by atoms with Crippen LogP contribution in [0.2, 0.25) is 0 Å². The summed E-state index contributed by atoms with van der Waals surface area (Å²) in [6, 6.07) is 1.63. The molecule has 9 heteroatoms. The maximum absolute atomic E-state index is 13.4. The van der Waals surface area contributed by atoms with Gasteiger partial charge in [0, 0.05) is 24.4 Å². The molecule has 1 heterocycles. The van der Waals surface area contributed by atoms with Gasteiger partial charge in [0.25, 0.3) is 0 Å². The first-order valence-electron chi connectivity index (χ1n) is 5.09. The van der Waals surface area contributed by atoms with Crippen LogP contribution in [0.5, 0.6) is 0 Å². The van der Waals surface area contributed by atoms with Gasteiger partial charge in [0.2, 0.25) is 5.95 Å². The predicted octanol–water partition coefficient (Wildman–Crippen LogP) is 3.15. The van der Waals surface area contributed by atoms with Crippen molar-refractivity contribution in [1.29, 1.82) is 0 Å². The molecule has 1 aromatic heterocycles. The van der Waals surface area contributed by atoms with Gasteiger partial charge in [-0.15, -0.1) is 0 Å². The fourth-order valence-electron chi connectivity index (χ4n) is 1.65. The van der Waals surface area contributed by atoms with Gasteiger partial charge in [0.1, 0.15) is 11.3 Å². The van der Waals surface area contributed by atoms with Crippen LogP contribution >= 0.6 is 11.8 Å². The number of aromatic nitrogens is 2. The summed E-state index contributed by atoms with van der Waals surface area (Å²) in [4.78, 5) is 3.68. The predicted molar refractivity (Wildman–Crippen MR) is 62.6 cm³/mol. The highest BCUT2D eigenvalue weighted by atomic mass is 32.2. The Balaban J connectivity index is 2.30. The Morgan fingerprint density at radius 3 is 2.58 bits per heavy atom. The van der Waals surface area contributed by atoms with E-state index in [4.69, 9.17) is 5.73 Å². The van der Waals surface area contributed by atoms with Crippen LogP contribution in [0.25, 0.3) is 11.0 Å². The summed E-state index contributed by atoms with van der Waals surface area (Å²) in [7, 11) is 0. The summed E-state index contributed by atoms with van der Waals surface area (Å²) in [5, 5.41) is 0. The molecule has 0 radical (unpaired) electrons. The third kappa shape index (κ3) is 3.09. The third-order valence-corrected chi connectivity index (χ3v) is 3.10. The molecule has 0 amide bonds. The van der Waals surface area contributed by atoms with Gasteiger partial charge in [-0.05, 0) is 11.8 Å². The molecule has 2 N–H and O–H groups in total. The van der Waals surface area contributed by atoms with E-state index >= 15 is 0 Å². The molecule has 0 fully saturated rings. The van der Waals surface area contributed by atoms with Gasteiger partial charge in [-0.2, -0.15) is 13.2 Å². The zero-order valence-electron chi connectivity index (χ0n) is 9.34. The van der Waals surface area contributed by atoms with Crippen molar-refractivity contribution >= 4 is 28.7 Å². The molecule has 0 aliphatic heterocycles. The Morgan fingerprint density at radius 1 is 1.26 bits per heavy atom. The van der Waals surface area contributed by atoms with Crippen LogP contribution in [-0.2, 0) is 6.54 Å². The van der Waals surface area contributed by atoms with E-state index in [1.165, 1.54) is 0 Å². The van der Waals surface area contributed by atoms with Crippen LogP contribution in [0, 0.1) is 11.6 Å². The largest absolute Gasteiger partial charge is 0.441 e. The molecule has 0 spiro atoms. The topological polar surface area (TPSA) is 43.8 Å². The molecule has 2 aromatic rings. The molecule has 0 saturated heterocycles. The zero-order valence-corrected chi connectivity index (χ0v) is 10.2. The van der Waals surface area contributed by atoms with Crippen molar-refractivity contribution in [3.8, 4) is 0 Å². The van der Waals surface area contributed by atoms with Gasteiger partial charge in [0.05, 0.1) is 5.52 Å². The smallest absolute Gasteiger partial charge is 0.369 e. The van der Waals surface area contributed by atoms with E-state index in [1.54, 1.807) is 0 Å². The molecule has 3 nitrogen and oxygen atoms in total. The van der Waals surface area contributed by atoms with Crippen LogP contribution in [0.15, 0.2) is 12.1 Å². The highest BCUT2D eigenvalue weighted by Crippen LogP contribution is 2.31. The summed E-state index contributed by atoms with van der Waals surface area (Å²) in [5.74, 6) is -2.21. The van der Waals surface area contributed by atoms with Gasteiger partial charge in [-0.3, -0.25) is 0 Å². The van der Waals surface area contributed by atoms with Crippen molar-refractivity contribution in [3.63, 3.8) is 0 Å². The van der Waals surface area contributed by atoms with Gasteiger partial charge in [-0.1, -0.05) is 0 Å². The lowest BCUT2D eigenvalue weighted by molar-refractivity contribution is -0.0328. The van der Waals surface area contributed by atoms with E-state index in [-0.39, 0.29) is 41.0 Å². The fourth-order valence-corrected chi connectivity index (χ4v) is 2.16. The van der Waals surface area contributed by atoms with E-state index in [0.717, 1.165) is 10.6 Å². The SMILES string of the molecule is Nc1nc2c(F)cc(F)cc2n1CCSC(F)(F)F. The van der Waals surface area contributed by atoms with Crippen LogP contribution < -0.4 is 5.73 Å². The minimum atomic E-state index is -4.36. The summed E-state index contributed by atoms with van der Waals surface area (Å²) in [6.45, 7) is -0.143. The number of imidazole rings is 1. The quantitative estimate of drug-likeness (QED) is 0.885. The first-order valence-corrected chi connectivity index (χ1v) is 6.08. The molecule has 0 unspecified atom stereocenters. The number of nitrogen functional groups attached to an aromatic ring is 1. The highest BCUT2D eigenvalue weighted by molar-refractivity contribution is 8.00. The lowest BCUT2D eigenvalue weighted by atomic mass is 10.3. The van der Waals surface area contributed by atoms with E-state index in [9.17, 15) is 22.0 Å². The number of benzene rings is 1. The minimum Gasteiger partial charge on any atom is -0.369 e. The number of hydrogen-bond acceptors (Lipinski definition) is 3. The number of aryl methyl sites for hydroxylation is 1. The molecule has 0 atom stereocenters. The molecular formula is C10H8F5N3S. The maximum Gasteiger partial charge on any atom is 0.441 e. The highest BCUT2D eigenvalue weighted by Gasteiger charge is 2.27. The second-order valence-electron chi connectivity index (χ2n) is 3.67. The first kappa shape index (κ1) is 13.9. The molecule has 19 heavy (non-hydrogen) atoms. The number of halogens is 5. The molecule has 104 valence electrons. The number of rotatable bonds is 3. The standard InChI is InChI=1S/C10H8F5N3S/c11-5-3-6(12)8-7(4-5)18(9(16)17-8)1-2-19-10(13,14)15/h3-4H,1-2H2,(H2,16,17). The summed E-state index contributed by atoms with van der Waals surface area (Å²) in [6.07, 6.45) is 0. The third-order valence-electron chi connectivity index (χ3n) is 2.38. The fraction of sp³-hybridized carbons (Fsp3) is 0.300. The van der Waals surface area contributed by atoms with Crippen molar-refractivity contribution in [3.05, 3.63) is 23.8 Å². The van der Waals surface area contributed by atoms with Crippen molar-refractivity contribution in [2.24, 2.45) is 0 Å². The van der Waals surface area contributed by atoms with Crippen molar-refractivity contribution in [1.82, 2.24) is 9.55 Å². The molecule has 0 bridgehead atoms. The Kier molecular flexibility index (Phi) is 3.57. The lowest BCUT2D eigenvalue weighted by Crippen LogP contribution is -2.09. The summed E-state index contributed by atoms with van der Waals surface area (Å²) in [5.41, 5.74) is 1.02. The number of hydrogen-bond donors (Lipinski definition) is 1. The molecule has 2 rings (SSSR count). The molecular weight excluding hydrogens is 289 g/mol. The number of thioether (sulfide) groups is 1. The minimum absolute atomic E-state index is 0.0396. The number of nitrogens with zero attached hydrogens (tertiary/aromatic N) is 2. The van der Waals surface area contributed by atoms with Crippen LogP contribution in [0.4, 0.5) is 27.9 Å². The first-order chi connectivity index (χ1) is 8.78. The van der Waals surface area contributed by atoms with Crippen molar-refractivity contribution in [2.45, 2.75) is 12.1 Å². The van der Waals surface area contributed by atoms with Crippen molar-refractivity contribution < 1.29 is 22.0 Å².